The van der Waals surface area contributed by atoms with Gasteiger partial charge in [-0.2, -0.15) is 0 Å². The van der Waals surface area contributed by atoms with Crippen molar-refractivity contribution in [2.24, 2.45) is 0 Å². The van der Waals surface area contributed by atoms with Crippen LogP contribution >= 0.6 is 15.9 Å². The van der Waals surface area contributed by atoms with E-state index in [4.69, 9.17) is 5.11 Å². The Morgan fingerprint density at radius 3 is 2.68 bits per heavy atom. The van der Waals surface area contributed by atoms with E-state index in [1.807, 2.05) is 6.92 Å². The Hall–Kier alpha value is -0.420. The molecule has 0 amide bonds. The Morgan fingerprint density at radius 1 is 1.37 bits per heavy atom. The Balaban J connectivity index is 1.79. The Morgan fingerprint density at radius 2 is 2.05 bits per heavy atom. The minimum atomic E-state index is 0.208. The fourth-order valence-corrected chi connectivity index (χ4v) is 2.99. The molecule has 0 saturated carbocycles. The second-order valence-electron chi connectivity index (χ2n) is 5.39. The number of likely N-dealkylation sites (tertiary alicyclic amines) is 1. The van der Waals surface area contributed by atoms with Crippen LogP contribution in [0.15, 0.2) is 28.7 Å². The van der Waals surface area contributed by atoms with Crippen LogP contribution < -0.4 is 5.32 Å². The van der Waals surface area contributed by atoms with E-state index in [9.17, 15) is 0 Å². The zero-order valence-corrected chi connectivity index (χ0v) is 13.1. The first-order valence-electron chi connectivity index (χ1n) is 7.01. The molecule has 19 heavy (non-hydrogen) atoms. The van der Waals surface area contributed by atoms with Gasteiger partial charge in [-0.15, -0.1) is 0 Å². The Bertz CT molecular complexity index is 391. The summed E-state index contributed by atoms with van der Waals surface area (Å²) in [6.07, 6.45) is 2.32. The van der Waals surface area contributed by atoms with Crippen molar-refractivity contribution in [3.8, 4) is 0 Å². The van der Waals surface area contributed by atoms with Crippen LogP contribution in [0.2, 0.25) is 0 Å². The lowest BCUT2D eigenvalue weighted by molar-refractivity contribution is 0.170. The molecule has 2 rings (SSSR count). The van der Waals surface area contributed by atoms with E-state index in [2.05, 4.69) is 50.4 Å². The molecule has 0 bridgehead atoms. The fourth-order valence-electron chi connectivity index (χ4n) is 2.58. The zero-order valence-electron chi connectivity index (χ0n) is 11.5. The summed E-state index contributed by atoms with van der Waals surface area (Å²) in [5.41, 5.74) is 1.36. The van der Waals surface area contributed by atoms with Crippen molar-refractivity contribution in [1.29, 1.82) is 0 Å². The van der Waals surface area contributed by atoms with E-state index < -0.39 is 0 Å². The van der Waals surface area contributed by atoms with E-state index in [1.165, 1.54) is 10.0 Å². The molecule has 1 aliphatic heterocycles. The number of benzene rings is 1. The molecule has 1 unspecified atom stereocenters. The van der Waals surface area contributed by atoms with Crippen LogP contribution in [0.1, 0.15) is 25.3 Å². The first kappa shape index (κ1) is 15.0. The molecular weight excluding hydrogens is 304 g/mol. The number of piperidine rings is 1. The highest BCUT2D eigenvalue weighted by Crippen LogP contribution is 2.20. The predicted molar refractivity (Wildman–Crippen MR) is 82.1 cm³/mol. The molecule has 4 heteroatoms. The highest BCUT2D eigenvalue weighted by molar-refractivity contribution is 9.10. The van der Waals surface area contributed by atoms with Crippen LogP contribution in [-0.2, 0) is 6.54 Å². The molecule has 0 aromatic heterocycles. The van der Waals surface area contributed by atoms with Crippen molar-refractivity contribution in [3.63, 3.8) is 0 Å². The van der Waals surface area contributed by atoms with Crippen LogP contribution in [0.3, 0.4) is 0 Å². The maximum absolute atomic E-state index is 9.06. The summed E-state index contributed by atoms with van der Waals surface area (Å²) < 4.78 is 1.20. The van der Waals surface area contributed by atoms with Crippen LogP contribution in [0.25, 0.3) is 0 Å². The maximum Gasteiger partial charge on any atom is 0.0582 e. The molecule has 3 nitrogen and oxygen atoms in total. The average molecular weight is 327 g/mol. The molecule has 0 aliphatic carbocycles. The van der Waals surface area contributed by atoms with Crippen LogP contribution in [0.5, 0.6) is 0 Å². The molecule has 1 saturated heterocycles. The van der Waals surface area contributed by atoms with Crippen molar-refractivity contribution < 1.29 is 5.11 Å². The van der Waals surface area contributed by atoms with Gasteiger partial charge in [-0.05, 0) is 44.5 Å². The molecule has 106 valence electrons. The number of nitrogens with one attached hydrogen (secondary N) is 1. The highest BCUT2D eigenvalue weighted by atomic mass is 79.9. The molecule has 1 aromatic carbocycles. The van der Waals surface area contributed by atoms with Gasteiger partial charge in [0.1, 0.15) is 0 Å². The third-order valence-corrected chi connectivity index (χ3v) is 4.51. The smallest absolute Gasteiger partial charge is 0.0582 e. The first-order valence-corrected chi connectivity index (χ1v) is 7.81. The van der Waals surface area contributed by atoms with Crippen LogP contribution in [0.4, 0.5) is 0 Å². The molecule has 1 atom stereocenters. The lowest BCUT2D eigenvalue weighted by Crippen LogP contribution is -2.46. The third kappa shape index (κ3) is 4.56. The van der Waals surface area contributed by atoms with Crippen LogP contribution in [0, 0.1) is 0 Å². The van der Waals surface area contributed by atoms with Gasteiger partial charge in [0.15, 0.2) is 0 Å². The Labute approximate surface area is 124 Å². The van der Waals surface area contributed by atoms with Gasteiger partial charge in [-0.1, -0.05) is 34.1 Å². The van der Waals surface area contributed by atoms with E-state index in [0.717, 1.165) is 32.5 Å². The van der Waals surface area contributed by atoms with Gasteiger partial charge in [0.25, 0.3) is 0 Å². The normalized spacial score (nSPS) is 19.5. The fraction of sp³-hybridized carbons (Fsp3) is 0.600. The summed E-state index contributed by atoms with van der Waals surface area (Å²) in [4.78, 5) is 2.50. The number of nitrogens with zero attached hydrogens (tertiary/aromatic N) is 1. The third-order valence-electron chi connectivity index (χ3n) is 3.73. The first-order chi connectivity index (χ1) is 9.19. The summed E-state index contributed by atoms with van der Waals surface area (Å²) in [5.74, 6) is 0. The quantitative estimate of drug-likeness (QED) is 0.872. The highest BCUT2D eigenvalue weighted by Gasteiger charge is 2.20. The summed E-state index contributed by atoms with van der Waals surface area (Å²) >= 11 is 3.61. The lowest BCUT2D eigenvalue weighted by Gasteiger charge is -2.33. The minimum Gasteiger partial charge on any atom is -0.395 e. The second-order valence-corrected chi connectivity index (χ2v) is 6.25. The van der Waals surface area contributed by atoms with Crippen molar-refractivity contribution in [2.75, 3.05) is 19.7 Å². The predicted octanol–water partition coefficient (Wildman–Crippen LogP) is 2.38. The standard InChI is InChI=1S/C15H23BrN2O/c1-12(11-19)17-14-6-8-18(9-7-14)10-13-4-2-3-5-15(13)16/h2-5,12,14,17,19H,6-11H2,1H3. The molecule has 1 heterocycles. The van der Waals surface area contributed by atoms with Gasteiger partial charge in [0.05, 0.1) is 6.61 Å². The van der Waals surface area contributed by atoms with Gasteiger partial charge >= 0.3 is 0 Å². The summed E-state index contributed by atoms with van der Waals surface area (Å²) in [5, 5.41) is 12.5. The topological polar surface area (TPSA) is 35.5 Å². The molecule has 0 radical (unpaired) electrons. The number of aliphatic hydroxyl groups excluding tert-OH is 1. The van der Waals surface area contributed by atoms with Gasteiger partial charge in [-0.3, -0.25) is 4.90 Å². The van der Waals surface area contributed by atoms with Gasteiger partial charge < -0.3 is 10.4 Å². The van der Waals surface area contributed by atoms with Crippen molar-refractivity contribution in [3.05, 3.63) is 34.3 Å². The van der Waals surface area contributed by atoms with E-state index in [-0.39, 0.29) is 12.6 Å². The molecule has 1 aromatic rings. The molecule has 0 spiro atoms. The van der Waals surface area contributed by atoms with Gasteiger partial charge in [0, 0.05) is 23.1 Å². The van der Waals surface area contributed by atoms with Crippen molar-refractivity contribution in [2.45, 2.75) is 38.4 Å². The average Bonchev–Trinajstić information content (AvgIpc) is 2.43. The Kier molecular flexibility index (Phi) is 5.82. The monoisotopic (exact) mass is 326 g/mol. The molecule has 2 N–H and O–H groups in total. The number of halogens is 1. The van der Waals surface area contributed by atoms with Gasteiger partial charge in [0.2, 0.25) is 0 Å². The number of rotatable bonds is 5. The minimum absolute atomic E-state index is 0.208. The lowest BCUT2D eigenvalue weighted by atomic mass is 10.0. The second kappa shape index (κ2) is 7.39. The summed E-state index contributed by atoms with van der Waals surface area (Å²) in [6.45, 7) is 5.52. The number of hydrogen-bond donors (Lipinski definition) is 2. The van der Waals surface area contributed by atoms with Crippen molar-refractivity contribution in [1.82, 2.24) is 10.2 Å². The number of hydrogen-bond acceptors (Lipinski definition) is 3. The molecular formula is C15H23BrN2O. The van der Waals surface area contributed by atoms with Crippen molar-refractivity contribution >= 4 is 15.9 Å². The van der Waals surface area contributed by atoms with Crippen LogP contribution in [-0.4, -0.2) is 41.8 Å². The maximum atomic E-state index is 9.06. The number of aliphatic hydroxyl groups is 1. The zero-order chi connectivity index (χ0) is 13.7. The molecule has 1 fully saturated rings. The van der Waals surface area contributed by atoms with Gasteiger partial charge in [-0.25, -0.2) is 0 Å². The van der Waals surface area contributed by atoms with E-state index in [0.29, 0.717) is 6.04 Å². The summed E-state index contributed by atoms with van der Waals surface area (Å²) in [7, 11) is 0. The summed E-state index contributed by atoms with van der Waals surface area (Å²) in [6, 6.07) is 9.20. The molecule has 1 aliphatic rings. The SMILES string of the molecule is CC(CO)NC1CCN(Cc2ccccc2Br)CC1. The van der Waals surface area contributed by atoms with E-state index in [1.54, 1.807) is 0 Å². The largest absolute Gasteiger partial charge is 0.395 e. The van der Waals surface area contributed by atoms with E-state index >= 15 is 0 Å².